The van der Waals surface area contributed by atoms with Gasteiger partial charge in [0.05, 0.1) is 5.92 Å². The van der Waals surface area contributed by atoms with Crippen molar-refractivity contribution in [1.29, 1.82) is 0 Å². The summed E-state index contributed by atoms with van der Waals surface area (Å²) < 4.78 is 29.5. The third-order valence-electron chi connectivity index (χ3n) is 5.17. The lowest BCUT2D eigenvalue weighted by Crippen LogP contribution is -2.36. The summed E-state index contributed by atoms with van der Waals surface area (Å²) in [4.78, 5) is 34.7. The van der Waals surface area contributed by atoms with Gasteiger partial charge in [0, 0.05) is 30.3 Å². The molecular weight excluding hydrogens is 358 g/mol. The highest BCUT2D eigenvalue weighted by Crippen LogP contribution is 2.37. The number of aliphatic carboxylic acids is 1. The number of anilines is 1. The Kier molecular flexibility index (Phi) is 5.40. The Morgan fingerprint density at radius 3 is 2.26 bits per heavy atom. The molecule has 2 saturated heterocycles. The van der Waals surface area contributed by atoms with Crippen LogP contribution in [-0.2, 0) is 14.4 Å². The van der Waals surface area contributed by atoms with Gasteiger partial charge in [0.2, 0.25) is 0 Å². The summed E-state index contributed by atoms with van der Waals surface area (Å²) in [7, 11) is 0. The number of hydrogen-bond acceptors (Lipinski definition) is 5. The van der Waals surface area contributed by atoms with Crippen LogP contribution in [0.1, 0.15) is 37.2 Å². The van der Waals surface area contributed by atoms with Crippen LogP contribution in [0.3, 0.4) is 0 Å². The zero-order chi connectivity index (χ0) is 19.6. The van der Waals surface area contributed by atoms with Crippen LogP contribution in [0.2, 0.25) is 0 Å². The smallest absolute Gasteiger partial charge is 0.306 e. The molecule has 0 aliphatic carbocycles. The Labute approximate surface area is 154 Å². The number of carboxylic acids is 1. The average molecular weight is 376 g/mol. The van der Waals surface area contributed by atoms with Gasteiger partial charge in [-0.2, -0.15) is 0 Å². The molecule has 2 heterocycles. The third kappa shape index (κ3) is 3.77. The van der Waals surface area contributed by atoms with E-state index in [1.807, 2.05) is 0 Å². The van der Waals surface area contributed by atoms with Crippen LogP contribution in [0, 0.1) is 17.6 Å². The highest BCUT2D eigenvalue weighted by molar-refractivity contribution is 5.70. The monoisotopic (exact) mass is 376 g/mol. The second-order valence-corrected chi connectivity index (χ2v) is 6.74. The number of nitrogens with one attached hydrogen (secondary N) is 1. The largest absolute Gasteiger partial charge is 0.481 e. The van der Waals surface area contributed by atoms with Crippen LogP contribution >= 0.6 is 0 Å². The molecule has 0 amide bonds. The number of carboxylic acid groups (broad SMARTS) is 1. The molecule has 0 spiro atoms. The predicted molar refractivity (Wildman–Crippen MR) is 92.5 cm³/mol. The Balaban J connectivity index is 1.85. The second-order valence-electron chi connectivity index (χ2n) is 6.74. The van der Waals surface area contributed by atoms with Gasteiger partial charge in [-0.25, -0.2) is 18.4 Å². The number of nitrogens with zero attached hydrogens (tertiary/aromatic N) is 1. The zero-order valence-electron chi connectivity index (χ0n) is 14.4. The minimum atomic E-state index is -0.857. The molecular formula is C19H18F2N2O4. The molecule has 2 N–H and O–H groups in total. The van der Waals surface area contributed by atoms with Crippen molar-refractivity contribution in [2.75, 3.05) is 18.0 Å². The molecule has 0 bridgehead atoms. The first-order valence-corrected chi connectivity index (χ1v) is 8.67. The molecule has 2 fully saturated rings. The van der Waals surface area contributed by atoms with E-state index in [1.54, 1.807) is 16.8 Å². The normalized spacial score (nSPS) is 20.7. The van der Waals surface area contributed by atoms with Crippen molar-refractivity contribution >= 4 is 23.5 Å². The quantitative estimate of drug-likeness (QED) is 0.787. The summed E-state index contributed by atoms with van der Waals surface area (Å²) in [6.45, 7) is 0.792. The van der Waals surface area contributed by atoms with E-state index >= 15 is 0 Å². The summed E-state index contributed by atoms with van der Waals surface area (Å²) >= 11 is 0. The molecule has 8 heteroatoms. The molecule has 3 rings (SSSR count). The van der Waals surface area contributed by atoms with Crippen LogP contribution < -0.4 is 10.2 Å². The summed E-state index contributed by atoms with van der Waals surface area (Å²) in [5.41, 5.74) is 0.164. The van der Waals surface area contributed by atoms with Crippen molar-refractivity contribution in [2.45, 2.75) is 31.6 Å². The fraction of sp³-hybridized carbons (Fsp3) is 0.421. The number of rotatable bonds is 3. The number of carbonyl (C=O) groups excluding carboxylic acids is 2. The van der Waals surface area contributed by atoms with E-state index in [9.17, 15) is 23.2 Å². The lowest BCUT2D eigenvalue weighted by molar-refractivity contribution is -0.142. The summed E-state index contributed by atoms with van der Waals surface area (Å²) in [5.74, 6) is -0.456. The second kappa shape index (κ2) is 7.74. The average Bonchev–Trinajstić information content (AvgIpc) is 2.67. The molecule has 0 saturated carbocycles. The van der Waals surface area contributed by atoms with E-state index in [0.29, 0.717) is 31.6 Å². The fourth-order valence-electron chi connectivity index (χ4n) is 3.68. The number of piperidine rings is 2. The Morgan fingerprint density at radius 1 is 1.11 bits per heavy atom. The Bertz CT molecular complexity index is 841. The zero-order valence-corrected chi connectivity index (χ0v) is 14.4. The Hall–Kier alpha value is -2.95. The maximum absolute atomic E-state index is 14.7. The van der Waals surface area contributed by atoms with Crippen molar-refractivity contribution in [2.24, 2.45) is 5.92 Å². The van der Waals surface area contributed by atoms with Gasteiger partial charge in [-0.3, -0.25) is 4.79 Å². The van der Waals surface area contributed by atoms with Crippen LogP contribution in [0.5, 0.6) is 0 Å². The minimum Gasteiger partial charge on any atom is -0.481 e. The number of benzene rings is 1. The minimum absolute atomic E-state index is 0.0903. The number of halogens is 2. The fourth-order valence-corrected chi connectivity index (χ4v) is 3.68. The van der Waals surface area contributed by atoms with Crippen LogP contribution in [0.15, 0.2) is 23.5 Å². The molecule has 6 nitrogen and oxygen atoms in total. The first-order chi connectivity index (χ1) is 12.9. The van der Waals surface area contributed by atoms with Crippen molar-refractivity contribution in [1.82, 2.24) is 5.32 Å². The van der Waals surface area contributed by atoms with E-state index in [1.165, 1.54) is 12.1 Å². The molecule has 2 aliphatic rings. The molecule has 1 aromatic rings. The highest BCUT2D eigenvalue weighted by Gasteiger charge is 2.31. The van der Waals surface area contributed by atoms with Crippen LogP contribution in [0.25, 0.3) is 0 Å². The molecule has 142 valence electrons. The molecule has 0 aromatic heterocycles. The van der Waals surface area contributed by atoms with E-state index in [2.05, 4.69) is 5.32 Å². The van der Waals surface area contributed by atoms with Crippen molar-refractivity contribution in [3.63, 3.8) is 0 Å². The van der Waals surface area contributed by atoms with Gasteiger partial charge in [-0.05, 0) is 37.8 Å². The molecule has 27 heavy (non-hydrogen) atoms. The lowest BCUT2D eigenvalue weighted by atomic mass is 9.87. The number of hydrogen-bond donors (Lipinski definition) is 2. The molecule has 0 radical (unpaired) electrons. The topological polar surface area (TPSA) is 86.7 Å². The van der Waals surface area contributed by atoms with Crippen molar-refractivity contribution < 1.29 is 28.3 Å². The first kappa shape index (κ1) is 18.8. The van der Waals surface area contributed by atoms with Gasteiger partial charge >= 0.3 is 5.97 Å². The summed E-state index contributed by atoms with van der Waals surface area (Å²) in [6.07, 6.45) is 1.24. The van der Waals surface area contributed by atoms with E-state index in [0.717, 1.165) is 0 Å². The summed E-state index contributed by atoms with van der Waals surface area (Å²) in [6, 6.07) is 2.40. The highest BCUT2D eigenvalue weighted by atomic mass is 19.1. The van der Waals surface area contributed by atoms with Crippen LogP contribution in [-0.4, -0.2) is 36.0 Å². The maximum atomic E-state index is 14.7. The summed E-state index contributed by atoms with van der Waals surface area (Å²) in [5, 5.41) is 11.6. The molecule has 1 unspecified atom stereocenters. The van der Waals surface area contributed by atoms with E-state index in [4.69, 9.17) is 5.11 Å². The maximum Gasteiger partial charge on any atom is 0.306 e. The van der Waals surface area contributed by atoms with Crippen molar-refractivity contribution in [3.05, 3.63) is 40.7 Å². The molecule has 1 atom stereocenters. The molecule has 1 aromatic carbocycles. The van der Waals surface area contributed by atoms with Gasteiger partial charge in [0.25, 0.3) is 0 Å². The first-order valence-electron chi connectivity index (χ1n) is 8.67. The van der Waals surface area contributed by atoms with E-state index in [-0.39, 0.29) is 29.8 Å². The van der Waals surface area contributed by atoms with E-state index < -0.39 is 29.4 Å². The van der Waals surface area contributed by atoms with Gasteiger partial charge in [-0.15, -0.1) is 0 Å². The van der Waals surface area contributed by atoms with Gasteiger partial charge in [0.1, 0.15) is 34.9 Å². The lowest BCUT2D eigenvalue weighted by Gasteiger charge is -2.32. The predicted octanol–water partition coefficient (Wildman–Crippen LogP) is 2.16. The van der Waals surface area contributed by atoms with Crippen molar-refractivity contribution in [3.8, 4) is 0 Å². The standard InChI is InChI=1S/C19H18F2N2O4/c20-15-7-13(23-5-3-11(4-6-23)19(26)27)8-16(21)18(15)14-2-1-12(9-24)22-17(14)10-25/h7-8,11,14,22H,1-6H2,(H,26,27). The number of carbonyl (C=O) groups is 1. The van der Waals surface area contributed by atoms with Gasteiger partial charge in [0.15, 0.2) is 0 Å². The third-order valence-corrected chi connectivity index (χ3v) is 5.17. The number of allylic oxidation sites excluding steroid dienone is 2. The van der Waals surface area contributed by atoms with Gasteiger partial charge in [-0.1, -0.05) is 0 Å². The SMILES string of the molecule is O=C=C1CCC(c2c(F)cc(N3CCC(C(=O)O)CC3)cc2F)C(=C=O)N1. The van der Waals surface area contributed by atoms with Gasteiger partial charge < -0.3 is 15.3 Å². The van der Waals surface area contributed by atoms with Crippen LogP contribution in [0.4, 0.5) is 14.5 Å². The Morgan fingerprint density at radius 2 is 1.74 bits per heavy atom. The molecule has 2 aliphatic heterocycles.